The number of aliphatic carboxylic acids is 1. The standard InChI is InChI=1S/C13H14ClNO5/c14-9-3-1-8(2-4-9)7-20-13(19)15-6-5-10(16)11(15)12(17)18/h1-4,10-11,16H,5-7H2,(H,17,18). The summed E-state index contributed by atoms with van der Waals surface area (Å²) in [4.78, 5) is 23.9. The summed E-state index contributed by atoms with van der Waals surface area (Å²) in [6, 6.07) is 5.52. The van der Waals surface area contributed by atoms with Crippen LogP contribution in [0.25, 0.3) is 0 Å². The van der Waals surface area contributed by atoms with Crippen LogP contribution in [0.2, 0.25) is 5.02 Å². The van der Waals surface area contributed by atoms with Gasteiger partial charge < -0.3 is 14.9 Å². The Hall–Kier alpha value is -1.79. The summed E-state index contributed by atoms with van der Waals surface area (Å²) in [7, 11) is 0. The van der Waals surface area contributed by atoms with Gasteiger partial charge in [-0.25, -0.2) is 9.59 Å². The minimum Gasteiger partial charge on any atom is -0.480 e. The highest BCUT2D eigenvalue weighted by atomic mass is 35.5. The van der Waals surface area contributed by atoms with Gasteiger partial charge >= 0.3 is 12.1 Å². The fourth-order valence-corrected chi connectivity index (χ4v) is 2.21. The van der Waals surface area contributed by atoms with Crippen molar-refractivity contribution in [1.82, 2.24) is 4.90 Å². The summed E-state index contributed by atoms with van der Waals surface area (Å²) >= 11 is 5.74. The Labute approximate surface area is 120 Å². The van der Waals surface area contributed by atoms with Gasteiger partial charge in [-0.15, -0.1) is 0 Å². The smallest absolute Gasteiger partial charge is 0.410 e. The first-order valence-corrected chi connectivity index (χ1v) is 6.45. The quantitative estimate of drug-likeness (QED) is 0.883. The van der Waals surface area contributed by atoms with Crippen molar-refractivity contribution in [3.63, 3.8) is 0 Å². The van der Waals surface area contributed by atoms with Crippen LogP contribution >= 0.6 is 11.6 Å². The number of hydrogen-bond acceptors (Lipinski definition) is 4. The third-order valence-electron chi connectivity index (χ3n) is 3.13. The molecule has 1 saturated heterocycles. The molecule has 2 unspecified atom stereocenters. The molecule has 108 valence electrons. The van der Waals surface area contributed by atoms with Gasteiger partial charge in [-0.1, -0.05) is 23.7 Å². The van der Waals surface area contributed by atoms with Crippen LogP contribution in [0.5, 0.6) is 0 Å². The molecule has 1 heterocycles. The van der Waals surface area contributed by atoms with Gasteiger partial charge in [0, 0.05) is 11.6 Å². The molecule has 0 aromatic heterocycles. The molecule has 1 aliphatic heterocycles. The van der Waals surface area contributed by atoms with Crippen molar-refractivity contribution in [2.24, 2.45) is 0 Å². The molecular formula is C13H14ClNO5. The van der Waals surface area contributed by atoms with E-state index in [-0.39, 0.29) is 19.6 Å². The van der Waals surface area contributed by atoms with Crippen LogP contribution in [-0.4, -0.2) is 45.9 Å². The zero-order chi connectivity index (χ0) is 14.7. The second-order valence-electron chi connectivity index (χ2n) is 4.51. The first-order chi connectivity index (χ1) is 9.49. The predicted octanol–water partition coefficient (Wildman–Crippen LogP) is 1.50. The minimum absolute atomic E-state index is 0.0228. The Morgan fingerprint density at radius 2 is 2.00 bits per heavy atom. The van der Waals surface area contributed by atoms with E-state index in [4.69, 9.17) is 21.4 Å². The van der Waals surface area contributed by atoms with Gasteiger partial charge in [-0.2, -0.15) is 0 Å². The van der Waals surface area contributed by atoms with Gasteiger partial charge in [-0.05, 0) is 24.1 Å². The van der Waals surface area contributed by atoms with Crippen molar-refractivity contribution in [3.8, 4) is 0 Å². The van der Waals surface area contributed by atoms with E-state index in [0.717, 1.165) is 10.5 Å². The van der Waals surface area contributed by atoms with Crippen molar-refractivity contribution < 1.29 is 24.5 Å². The number of rotatable bonds is 3. The van der Waals surface area contributed by atoms with E-state index in [2.05, 4.69) is 0 Å². The molecule has 0 radical (unpaired) electrons. The fourth-order valence-electron chi connectivity index (χ4n) is 2.09. The predicted molar refractivity (Wildman–Crippen MR) is 70.4 cm³/mol. The molecule has 2 rings (SSSR count). The number of ether oxygens (including phenoxy) is 1. The van der Waals surface area contributed by atoms with Gasteiger partial charge in [0.2, 0.25) is 0 Å². The maximum absolute atomic E-state index is 11.8. The summed E-state index contributed by atoms with van der Waals surface area (Å²) < 4.78 is 5.05. The van der Waals surface area contributed by atoms with E-state index in [9.17, 15) is 14.7 Å². The Bertz CT molecular complexity index is 504. The second-order valence-corrected chi connectivity index (χ2v) is 4.95. The molecule has 0 spiro atoms. The number of carbonyl (C=O) groups excluding carboxylic acids is 1. The monoisotopic (exact) mass is 299 g/mol. The van der Waals surface area contributed by atoms with Gasteiger partial charge in [0.1, 0.15) is 6.61 Å². The van der Waals surface area contributed by atoms with Crippen molar-refractivity contribution >= 4 is 23.7 Å². The average molecular weight is 300 g/mol. The average Bonchev–Trinajstić information content (AvgIpc) is 2.80. The lowest BCUT2D eigenvalue weighted by Crippen LogP contribution is -2.45. The van der Waals surface area contributed by atoms with Crippen LogP contribution in [0.3, 0.4) is 0 Å². The largest absolute Gasteiger partial charge is 0.480 e. The number of carboxylic acid groups (broad SMARTS) is 1. The van der Waals surface area contributed by atoms with Crippen molar-refractivity contribution in [2.75, 3.05) is 6.54 Å². The summed E-state index contributed by atoms with van der Waals surface area (Å²) in [5.74, 6) is -1.24. The molecule has 1 aromatic rings. The number of benzene rings is 1. The lowest BCUT2D eigenvalue weighted by Gasteiger charge is -2.22. The van der Waals surface area contributed by atoms with Gasteiger partial charge in [0.05, 0.1) is 6.10 Å². The van der Waals surface area contributed by atoms with Crippen LogP contribution in [0, 0.1) is 0 Å². The summed E-state index contributed by atoms with van der Waals surface area (Å²) in [6.45, 7) is 0.187. The van der Waals surface area contributed by atoms with Gasteiger partial charge in [-0.3, -0.25) is 4.90 Å². The number of hydrogen-bond donors (Lipinski definition) is 2. The summed E-state index contributed by atoms with van der Waals surface area (Å²) in [5.41, 5.74) is 0.745. The van der Waals surface area contributed by atoms with Crippen molar-refractivity contribution in [1.29, 1.82) is 0 Å². The molecule has 7 heteroatoms. The zero-order valence-corrected chi connectivity index (χ0v) is 11.3. The number of carboxylic acids is 1. The molecule has 1 amide bonds. The number of aliphatic hydroxyl groups is 1. The molecule has 1 fully saturated rings. The Kier molecular flexibility index (Phi) is 4.46. The number of halogens is 1. The molecular weight excluding hydrogens is 286 g/mol. The molecule has 2 N–H and O–H groups in total. The van der Waals surface area contributed by atoms with E-state index in [1.54, 1.807) is 24.3 Å². The van der Waals surface area contributed by atoms with Crippen LogP contribution in [0.15, 0.2) is 24.3 Å². The number of amides is 1. The number of nitrogens with zero attached hydrogens (tertiary/aromatic N) is 1. The zero-order valence-electron chi connectivity index (χ0n) is 10.5. The molecule has 1 aliphatic rings. The highest BCUT2D eigenvalue weighted by Crippen LogP contribution is 2.20. The lowest BCUT2D eigenvalue weighted by atomic mass is 10.2. The fraction of sp³-hybridized carbons (Fsp3) is 0.385. The Balaban J connectivity index is 1.94. The Morgan fingerprint density at radius 3 is 2.60 bits per heavy atom. The van der Waals surface area contributed by atoms with Gasteiger partial charge in [0.25, 0.3) is 0 Å². The maximum atomic E-state index is 11.8. The maximum Gasteiger partial charge on any atom is 0.410 e. The van der Waals surface area contributed by atoms with Crippen molar-refractivity contribution in [2.45, 2.75) is 25.2 Å². The molecule has 0 bridgehead atoms. The van der Waals surface area contributed by atoms with Crippen molar-refractivity contribution in [3.05, 3.63) is 34.9 Å². The third-order valence-corrected chi connectivity index (χ3v) is 3.38. The third kappa shape index (κ3) is 3.20. The van der Waals surface area contributed by atoms with Crippen LogP contribution in [0.4, 0.5) is 4.79 Å². The Morgan fingerprint density at radius 1 is 1.35 bits per heavy atom. The molecule has 20 heavy (non-hydrogen) atoms. The number of likely N-dealkylation sites (tertiary alicyclic amines) is 1. The van der Waals surface area contributed by atoms with Crippen LogP contribution < -0.4 is 0 Å². The topological polar surface area (TPSA) is 87.1 Å². The second kappa shape index (κ2) is 6.11. The van der Waals surface area contributed by atoms with E-state index >= 15 is 0 Å². The highest BCUT2D eigenvalue weighted by molar-refractivity contribution is 6.30. The summed E-state index contributed by atoms with van der Waals surface area (Å²) in [6.07, 6.45) is -1.58. The van der Waals surface area contributed by atoms with E-state index in [0.29, 0.717) is 5.02 Å². The van der Waals surface area contributed by atoms with Crippen LogP contribution in [-0.2, 0) is 16.1 Å². The SMILES string of the molecule is O=C(O)C1C(O)CCN1C(=O)OCc1ccc(Cl)cc1. The van der Waals surface area contributed by atoms with Crippen LogP contribution in [0.1, 0.15) is 12.0 Å². The highest BCUT2D eigenvalue weighted by Gasteiger charge is 2.41. The molecule has 0 saturated carbocycles. The molecule has 0 aliphatic carbocycles. The first-order valence-electron chi connectivity index (χ1n) is 6.08. The molecule has 2 atom stereocenters. The lowest BCUT2D eigenvalue weighted by molar-refractivity contribution is -0.144. The van der Waals surface area contributed by atoms with E-state index in [1.165, 1.54) is 0 Å². The summed E-state index contributed by atoms with van der Waals surface area (Å²) in [5, 5.41) is 19.1. The number of aliphatic hydroxyl groups excluding tert-OH is 1. The number of carbonyl (C=O) groups is 2. The first kappa shape index (κ1) is 14.6. The minimum atomic E-state index is -1.24. The van der Waals surface area contributed by atoms with E-state index in [1.807, 2.05) is 0 Å². The van der Waals surface area contributed by atoms with E-state index < -0.39 is 24.2 Å². The molecule has 1 aromatic carbocycles. The normalized spacial score (nSPS) is 21.8. The molecule has 6 nitrogen and oxygen atoms in total. The van der Waals surface area contributed by atoms with Gasteiger partial charge in [0.15, 0.2) is 6.04 Å².